The minimum atomic E-state index is 0.118. The maximum atomic E-state index is 8.19. The molecule has 0 aliphatic rings. The zero-order valence-corrected chi connectivity index (χ0v) is 6.38. The summed E-state index contributed by atoms with van der Waals surface area (Å²) in [5.41, 5.74) is 0. The quantitative estimate of drug-likeness (QED) is 0.557. The van der Waals surface area contributed by atoms with Crippen molar-refractivity contribution in [3.8, 4) is 0 Å². The molecule has 0 amide bonds. The largest absolute Gasteiger partial charge is 0.394 e. The molecule has 44 valence electrons. The summed E-state index contributed by atoms with van der Waals surface area (Å²) in [6, 6.07) is 0. The molecule has 1 N–H and O–H groups in total. The van der Waals surface area contributed by atoms with Crippen molar-refractivity contribution in [1.29, 1.82) is 0 Å². The zero-order valence-electron chi connectivity index (χ0n) is 4.22. The number of halogens is 1. The number of rotatable bonds is 3. The molecule has 0 rings (SSSR count). The van der Waals surface area contributed by atoms with E-state index in [0.29, 0.717) is 6.61 Å². The fourth-order valence-electron chi connectivity index (χ4n) is 0.215. The first-order valence-corrected chi connectivity index (χ1v) is 3.38. The van der Waals surface area contributed by atoms with Crippen molar-refractivity contribution in [3.63, 3.8) is 0 Å². The van der Waals surface area contributed by atoms with E-state index >= 15 is 0 Å². The Morgan fingerprint density at radius 3 is 2.57 bits per heavy atom. The molecule has 0 heterocycles. The topological polar surface area (TPSA) is 29.5 Å². The number of hydrogen-bond acceptors (Lipinski definition) is 2. The summed E-state index contributed by atoms with van der Waals surface area (Å²) >= 11 is 2.13. The van der Waals surface area contributed by atoms with Gasteiger partial charge < -0.3 is 9.84 Å². The van der Waals surface area contributed by atoms with Crippen molar-refractivity contribution in [2.75, 3.05) is 13.2 Å². The smallest absolute Gasteiger partial charge is 0.106 e. The van der Waals surface area contributed by atoms with E-state index in [1.165, 1.54) is 0 Å². The highest BCUT2D eigenvalue weighted by molar-refractivity contribution is 14.1. The van der Waals surface area contributed by atoms with Gasteiger partial charge in [-0.05, 0) is 6.92 Å². The minimum Gasteiger partial charge on any atom is -0.394 e. The fourth-order valence-corrected chi connectivity index (χ4v) is 0.469. The molecule has 0 aliphatic heterocycles. The molecular formula is C4H9IO2. The average molecular weight is 216 g/mol. The van der Waals surface area contributed by atoms with Crippen molar-refractivity contribution in [2.24, 2.45) is 0 Å². The third-order valence-corrected chi connectivity index (χ3v) is 0.798. The Labute approximate surface area is 57.0 Å². The van der Waals surface area contributed by atoms with Crippen LogP contribution in [0.15, 0.2) is 0 Å². The first-order chi connectivity index (χ1) is 3.27. The highest BCUT2D eigenvalue weighted by Crippen LogP contribution is 1.97. The summed E-state index contributed by atoms with van der Waals surface area (Å²) in [6.07, 6.45) is 0. The molecule has 0 aromatic heterocycles. The van der Waals surface area contributed by atoms with Crippen LogP contribution in [-0.2, 0) is 4.74 Å². The lowest BCUT2D eigenvalue weighted by Crippen LogP contribution is -2.03. The Morgan fingerprint density at radius 2 is 2.43 bits per heavy atom. The molecule has 0 saturated carbocycles. The van der Waals surface area contributed by atoms with Crippen LogP contribution in [0.25, 0.3) is 0 Å². The van der Waals surface area contributed by atoms with Crippen LogP contribution in [0.5, 0.6) is 0 Å². The normalized spacial score (nSPS) is 14.1. The van der Waals surface area contributed by atoms with Gasteiger partial charge in [0.15, 0.2) is 0 Å². The maximum absolute atomic E-state index is 8.19. The van der Waals surface area contributed by atoms with Gasteiger partial charge in [0.1, 0.15) is 4.11 Å². The summed E-state index contributed by atoms with van der Waals surface area (Å²) in [4.78, 5) is 0. The third kappa shape index (κ3) is 6.65. The number of aliphatic hydroxyl groups excluding tert-OH is 1. The summed E-state index contributed by atoms with van der Waals surface area (Å²) < 4.78 is 5.14. The van der Waals surface area contributed by atoms with Gasteiger partial charge in [-0.15, -0.1) is 0 Å². The molecule has 0 aromatic carbocycles. The maximum Gasteiger partial charge on any atom is 0.106 e. The first-order valence-electron chi connectivity index (χ1n) is 2.14. The molecule has 2 nitrogen and oxygen atoms in total. The van der Waals surface area contributed by atoms with Crippen LogP contribution < -0.4 is 0 Å². The molecular weight excluding hydrogens is 207 g/mol. The van der Waals surface area contributed by atoms with Crippen LogP contribution >= 0.6 is 22.6 Å². The van der Waals surface area contributed by atoms with Gasteiger partial charge in [-0.25, -0.2) is 0 Å². The average Bonchev–Trinajstić information content (AvgIpc) is 1.61. The van der Waals surface area contributed by atoms with Crippen molar-refractivity contribution >= 4 is 22.6 Å². The summed E-state index contributed by atoms with van der Waals surface area (Å²) in [6.45, 7) is 2.49. The van der Waals surface area contributed by atoms with Gasteiger partial charge in [-0.1, -0.05) is 22.6 Å². The standard InChI is InChI=1S/C4H9IO2/c1-4(5)7-3-2-6/h4,6H,2-3H2,1H3. The van der Waals surface area contributed by atoms with Crippen molar-refractivity contribution in [3.05, 3.63) is 0 Å². The molecule has 0 aromatic rings. The van der Waals surface area contributed by atoms with E-state index < -0.39 is 0 Å². The fraction of sp³-hybridized carbons (Fsp3) is 1.00. The lowest BCUT2D eigenvalue weighted by atomic mass is 10.8. The van der Waals surface area contributed by atoms with Gasteiger partial charge in [-0.2, -0.15) is 0 Å². The van der Waals surface area contributed by atoms with Crippen molar-refractivity contribution < 1.29 is 9.84 Å². The molecule has 1 atom stereocenters. The van der Waals surface area contributed by atoms with E-state index in [-0.39, 0.29) is 10.7 Å². The number of hydrogen-bond donors (Lipinski definition) is 1. The van der Waals surface area contributed by atoms with E-state index in [9.17, 15) is 0 Å². The van der Waals surface area contributed by atoms with E-state index in [2.05, 4.69) is 22.6 Å². The molecule has 3 heteroatoms. The summed E-state index contributed by atoms with van der Waals surface area (Å²) in [7, 11) is 0. The van der Waals surface area contributed by atoms with Gasteiger partial charge in [0.05, 0.1) is 13.2 Å². The molecule has 0 radical (unpaired) electrons. The van der Waals surface area contributed by atoms with Crippen LogP contribution in [0.3, 0.4) is 0 Å². The molecule has 0 fully saturated rings. The van der Waals surface area contributed by atoms with Gasteiger partial charge in [0.25, 0.3) is 0 Å². The van der Waals surface area contributed by atoms with E-state index in [1.54, 1.807) is 0 Å². The predicted octanol–water partition coefficient (Wildman–Crippen LogP) is 0.776. The minimum absolute atomic E-state index is 0.118. The van der Waals surface area contributed by atoms with Crippen molar-refractivity contribution in [1.82, 2.24) is 0 Å². The molecule has 1 unspecified atom stereocenters. The highest BCUT2D eigenvalue weighted by atomic mass is 127. The molecule has 0 bridgehead atoms. The van der Waals surface area contributed by atoms with Crippen LogP contribution in [0.4, 0.5) is 0 Å². The van der Waals surface area contributed by atoms with Gasteiger partial charge in [0.2, 0.25) is 0 Å². The lowest BCUT2D eigenvalue weighted by molar-refractivity contribution is 0.0920. The molecule has 0 aliphatic carbocycles. The summed E-state index contributed by atoms with van der Waals surface area (Å²) in [5.74, 6) is 0. The van der Waals surface area contributed by atoms with Crippen LogP contribution in [0, 0.1) is 0 Å². The monoisotopic (exact) mass is 216 g/mol. The zero-order chi connectivity index (χ0) is 5.70. The second-order valence-electron chi connectivity index (χ2n) is 1.14. The number of ether oxygens (including phenoxy) is 1. The van der Waals surface area contributed by atoms with Crippen LogP contribution in [0.1, 0.15) is 6.92 Å². The van der Waals surface area contributed by atoms with Gasteiger partial charge in [-0.3, -0.25) is 0 Å². The van der Waals surface area contributed by atoms with E-state index in [1.807, 2.05) is 6.92 Å². The number of aliphatic hydroxyl groups is 1. The molecule has 0 saturated heterocycles. The molecule has 0 spiro atoms. The second-order valence-corrected chi connectivity index (χ2v) is 2.89. The Morgan fingerprint density at radius 1 is 1.86 bits per heavy atom. The van der Waals surface area contributed by atoms with Crippen molar-refractivity contribution in [2.45, 2.75) is 11.0 Å². The highest BCUT2D eigenvalue weighted by Gasteiger charge is 1.89. The van der Waals surface area contributed by atoms with Crippen LogP contribution in [-0.4, -0.2) is 22.4 Å². The third-order valence-electron chi connectivity index (χ3n) is 0.439. The molecule has 7 heavy (non-hydrogen) atoms. The summed E-state index contributed by atoms with van der Waals surface area (Å²) in [5, 5.41) is 8.19. The second kappa shape index (κ2) is 4.80. The van der Waals surface area contributed by atoms with Crippen LogP contribution in [0.2, 0.25) is 0 Å². The Bertz CT molecular complexity index is 38.7. The van der Waals surface area contributed by atoms with E-state index in [0.717, 1.165) is 0 Å². The predicted molar refractivity (Wildman–Crippen MR) is 36.5 cm³/mol. The van der Waals surface area contributed by atoms with Gasteiger partial charge >= 0.3 is 0 Å². The lowest BCUT2D eigenvalue weighted by Gasteiger charge is -2.00. The Hall–Kier alpha value is 0.650. The SMILES string of the molecule is CC(I)OCCO. The Balaban J connectivity index is 2.68. The number of alkyl halides is 1. The van der Waals surface area contributed by atoms with Gasteiger partial charge in [0, 0.05) is 0 Å². The van der Waals surface area contributed by atoms with E-state index in [4.69, 9.17) is 9.84 Å². The first kappa shape index (κ1) is 7.65. The Kier molecular flexibility index (Phi) is 5.25.